The van der Waals surface area contributed by atoms with Gasteiger partial charge in [-0.1, -0.05) is 36.4 Å². The third kappa shape index (κ3) is 1.71. The van der Waals surface area contributed by atoms with Crippen molar-refractivity contribution in [1.82, 2.24) is 0 Å². The van der Waals surface area contributed by atoms with Crippen molar-refractivity contribution in [3.8, 4) is 11.1 Å². The van der Waals surface area contributed by atoms with Gasteiger partial charge in [0.15, 0.2) is 9.84 Å². The van der Waals surface area contributed by atoms with Crippen LogP contribution in [0.25, 0.3) is 11.1 Å². The molecule has 20 heavy (non-hydrogen) atoms. The number of hydrogen-bond acceptors (Lipinski definition) is 4. The topological polar surface area (TPSA) is 68.3 Å². The van der Waals surface area contributed by atoms with E-state index in [9.17, 15) is 18.0 Å². The molecule has 0 fully saturated rings. The molecule has 2 aromatic rings. The van der Waals surface area contributed by atoms with Gasteiger partial charge in [0, 0.05) is 11.8 Å². The second-order valence-electron chi connectivity index (χ2n) is 4.65. The van der Waals surface area contributed by atoms with Gasteiger partial charge in [0.25, 0.3) is 0 Å². The summed E-state index contributed by atoms with van der Waals surface area (Å²) in [7, 11) is -3.58. The van der Waals surface area contributed by atoms with Crippen LogP contribution in [0.4, 0.5) is 0 Å². The second kappa shape index (κ2) is 4.11. The van der Waals surface area contributed by atoms with Crippen molar-refractivity contribution in [2.45, 2.75) is 4.90 Å². The van der Waals surface area contributed by atoms with Crippen molar-refractivity contribution < 1.29 is 18.0 Å². The molecule has 0 bridgehead atoms. The van der Waals surface area contributed by atoms with E-state index in [-0.39, 0.29) is 10.5 Å². The van der Waals surface area contributed by atoms with Crippen LogP contribution in [0.2, 0.25) is 0 Å². The molecule has 0 unspecified atom stereocenters. The zero-order chi connectivity index (χ0) is 14.5. The number of carbonyl (C=O) groups is 2. The van der Waals surface area contributed by atoms with E-state index in [1.165, 1.54) is 6.07 Å². The fourth-order valence-corrected chi connectivity index (χ4v) is 3.35. The normalized spacial score (nSPS) is 13.8. The van der Waals surface area contributed by atoms with E-state index in [2.05, 4.69) is 0 Å². The summed E-state index contributed by atoms with van der Waals surface area (Å²) in [5.41, 5.74) is 1.39. The Balaban J connectivity index is 2.47. The molecule has 2 aromatic carbocycles. The second-order valence-corrected chi connectivity index (χ2v) is 6.64. The molecule has 0 aliphatic heterocycles. The third-order valence-electron chi connectivity index (χ3n) is 3.32. The summed E-state index contributed by atoms with van der Waals surface area (Å²) in [6.45, 7) is 0. The van der Waals surface area contributed by atoms with Gasteiger partial charge in [0.05, 0.1) is 10.5 Å². The monoisotopic (exact) mass is 286 g/mol. The third-order valence-corrected chi connectivity index (χ3v) is 4.46. The Hall–Kier alpha value is -2.27. The summed E-state index contributed by atoms with van der Waals surface area (Å²) in [5.74, 6) is -1.43. The van der Waals surface area contributed by atoms with E-state index in [0.717, 1.165) is 6.26 Å². The van der Waals surface area contributed by atoms with E-state index in [1.807, 2.05) is 0 Å². The highest BCUT2D eigenvalue weighted by atomic mass is 32.2. The number of rotatable bonds is 1. The number of Topliss-reactive ketones (excluding diaryl/α,β-unsaturated/α-hetero) is 2. The fraction of sp³-hybridized carbons (Fsp3) is 0.0667. The predicted octanol–water partition coefficient (Wildman–Crippen LogP) is 2.14. The molecule has 0 radical (unpaired) electrons. The van der Waals surface area contributed by atoms with E-state index >= 15 is 0 Å². The van der Waals surface area contributed by atoms with E-state index in [1.54, 1.807) is 36.4 Å². The number of carbonyl (C=O) groups excluding carboxylic acids is 2. The Kier molecular flexibility index (Phi) is 2.62. The van der Waals surface area contributed by atoms with Crippen molar-refractivity contribution in [2.24, 2.45) is 0 Å². The number of fused-ring (bicyclic) bond motifs is 3. The van der Waals surface area contributed by atoms with Gasteiger partial charge < -0.3 is 0 Å². The van der Waals surface area contributed by atoms with Crippen molar-refractivity contribution in [2.75, 3.05) is 6.26 Å². The van der Waals surface area contributed by atoms with Gasteiger partial charge in [-0.3, -0.25) is 9.59 Å². The van der Waals surface area contributed by atoms with Gasteiger partial charge in [-0.2, -0.15) is 0 Å². The van der Waals surface area contributed by atoms with Crippen molar-refractivity contribution in [3.63, 3.8) is 0 Å². The lowest BCUT2D eigenvalue weighted by molar-refractivity contribution is 0.0813. The molecule has 0 N–H and O–H groups in total. The van der Waals surface area contributed by atoms with E-state index in [4.69, 9.17) is 0 Å². The molecular formula is C15H10O4S. The van der Waals surface area contributed by atoms with Crippen LogP contribution in [0, 0.1) is 0 Å². The number of hydrogen-bond donors (Lipinski definition) is 0. The van der Waals surface area contributed by atoms with Gasteiger partial charge in [-0.25, -0.2) is 8.42 Å². The molecule has 1 aliphatic carbocycles. The number of sulfone groups is 1. The average Bonchev–Trinajstić information content (AvgIpc) is 2.43. The van der Waals surface area contributed by atoms with Crippen molar-refractivity contribution in [3.05, 3.63) is 53.6 Å². The van der Waals surface area contributed by atoms with Crippen LogP contribution in [0.15, 0.2) is 47.4 Å². The lowest BCUT2D eigenvalue weighted by Crippen LogP contribution is -2.23. The molecule has 0 saturated heterocycles. The first-order valence-electron chi connectivity index (χ1n) is 5.93. The maximum atomic E-state index is 12.2. The van der Waals surface area contributed by atoms with Crippen molar-refractivity contribution >= 4 is 21.4 Å². The zero-order valence-electron chi connectivity index (χ0n) is 10.6. The molecule has 4 nitrogen and oxygen atoms in total. The maximum absolute atomic E-state index is 12.2. The molecule has 100 valence electrons. The maximum Gasteiger partial charge on any atom is 0.235 e. The highest BCUT2D eigenvalue weighted by Crippen LogP contribution is 2.36. The van der Waals surface area contributed by atoms with Gasteiger partial charge in [-0.05, 0) is 17.2 Å². The Bertz CT molecular complexity index is 863. The van der Waals surface area contributed by atoms with Crippen LogP contribution in [0.5, 0.6) is 0 Å². The minimum absolute atomic E-state index is 0.0151. The van der Waals surface area contributed by atoms with Gasteiger partial charge in [0.1, 0.15) is 0 Å². The van der Waals surface area contributed by atoms with Crippen molar-refractivity contribution in [1.29, 1.82) is 0 Å². The van der Waals surface area contributed by atoms with Crippen LogP contribution in [-0.2, 0) is 9.84 Å². The molecule has 0 spiro atoms. The summed E-state index contributed by atoms with van der Waals surface area (Å²) in [6, 6.07) is 11.3. The highest BCUT2D eigenvalue weighted by molar-refractivity contribution is 7.90. The van der Waals surface area contributed by atoms with E-state index < -0.39 is 21.4 Å². The Labute approximate surface area is 116 Å². The summed E-state index contributed by atoms with van der Waals surface area (Å²) in [5, 5.41) is 0. The minimum Gasteiger partial charge on any atom is -0.285 e. The lowest BCUT2D eigenvalue weighted by atomic mass is 9.84. The average molecular weight is 286 g/mol. The van der Waals surface area contributed by atoms with Gasteiger partial charge in [-0.15, -0.1) is 0 Å². The number of benzene rings is 2. The molecule has 3 rings (SSSR count). The highest BCUT2D eigenvalue weighted by Gasteiger charge is 2.34. The first-order valence-corrected chi connectivity index (χ1v) is 7.82. The van der Waals surface area contributed by atoms with Crippen LogP contribution < -0.4 is 0 Å². The summed E-state index contributed by atoms with van der Waals surface area (Å²) in [4.78, 5) is 24.3. The Morgan fingerprint density at radius 3 is 2.00 bits per heavy atom. The van der Waals surface area contributed by atoms with Crippen LogP contribution in [0.1, 0.15) is 20.7 Å². The Morgan fingerprint density at radius 1 is 0.750 bits per heavy atom. The number of ketones is 2. The van der Waals surface area contributed by atoms with Crippen LogP contribution >= 0.6 is 0 Å². The van der Waals surface area contributed by atoms with Gasteiger partial charge in [0.2, 0.25) is 11.6 Å². The largest absolute Gasteiger partial charge is 0.285 e. The smallest absolute Gasteiger partial charge is 0.235 e. The summed E-state index contributed by atoms with van der Waals surface area (Å²) >= 11 is 0. The molecule has 0 amide bonds. The lowest BCUT2D eigenvalue weighted by Gasteiger charge is -2.19. The molecule has 0 saturated carbocycles. The summed E-state index contributed by atoms with van der Waals surface area (Å²) < 4.78 is 23.6. The molecule has 0 atom stereocenters. The molecule has 0 heterocycles. The first-order chi connectivity index (χ1) is 9.41. The molecule has 0 aromatic heterocycles. The first kappa shape index (κ1) is 12.7. The summed E-state index contributed by atoms with van der Waals surface area (Å²) in [6.07, 6.45) is 1.03. The van der Waals surface area contributed by atoms with Crippen LogP contribution in [0.3, 0.4) is 0 Å². The van der Waals surface area contributed by atoms with E-state index in [0.29, 0.717) is 16.7 Å². The molecule has 1 aliphatic rings. The van der Waals surface area contributed by atoms with Crippen LogP contribution in [-0.4, -0.2) is 26.2 Å². The van der Waals surface area contributed by atoms with Gasteiger partial charge >= 0.3 is 0 Å². The Morgan fingerprint density at radius 2 is 1.35 bits per heavy atom. The quantitative estimate of drug-likeness (QED) is 0.753. The SMILES string of the molecule is CS(=O)(=O)c1cccc2c1C(=O)C(=O)c1ccccc1-2. The fourth-order valence-electron chi connectivity index (χ4n) is 2.45. The molecular weight excluding hydrogens is 276 g/mol. The standard InChI is InChI=1S/C15H10O4S/c1-20(18,19)12-8-4-7-10-9-5-2-3-6-11(9)14(16)15(17)13(10)12/h2-8H,1H3. The molecule has 5 heteroatoms. The zero-order valence-corrected chi connectivity index (χ0v) is 11.4. The minimum atomic E-state index is -3.58. The predicted molar refractivity (Wildman–Crippen MR) is 73.6 cm³/mol.